The molecular formula is C6H10N2O. The van der Waals surface area contributed by atoms with Crippen molar-refractivity contribution in [1.29, 1.82) is 0 Å². The van der Waals surface area contributed by atoms with Crippen LogP contribution in [0.4, 0.5) is 4.79 Å². The lowest BCUT2D eigenvalue weighted by molar-refractivity contribution is 0.229. The molecule has 0 rings (SSSR count). The molecule has 50 valence electrons. The highest BCUT2D eigenvalue weighted by Gasteiger charge is 2.03. The number of hydrogen-bond acceptors (Lipinski definition) is 1. The third kappa shape index (κ3) is 2.08. The van der Waals surface area contributed by atoms with E-state index in [-0.39, 0.29) is 6.03 Å². The molecule has 0 aromatic heterocycles. The van der Waals surface area contributed by atoms with Crippen molar-refractivity contribution < 1.29 is 4.79 Å². The summed E-state index contributed by atoms with van der Waals surface area (Å²) in [6, 6.07) is -0.373. The van der Waals surface area contributed by atoms with Crippen LogP contribution in [0.25, 0.3) is 0 Å². The lowest BCUT2D eigenvalue weighted by Crippen LogP contribution is -2.20. The highest BCUT2D eigenvalue weighted by Crippen LogP contribution is 1.97. The Bertz CT molecular complexity index is 151. The third-order valence-electron chi connectivity index (χ3n) is 0.995. The maximum absolute atomic E-state index is 10.6. The number of amides is 2. The highest BCUT2D eigenvalue weighted by molar-refractivity contribution is 5.80. The number of nitrogens with zero attached hydrogens (tertiary/aromatic N) is 2. The first kappa shape index (κ1) is 7.88. The Hall–Kier alpha value is -1.12. The molecule has 0 aliphatic rings. The molecule has 0 saturated carbocycles. The molecule has 0 spiro atoms. The van der Waals surface area contributed by atoms with E-state index in [2.05, 4.69) is 18.3 Å². The SMILES string of the molecule is C=NC(=O)N(C)C(=C)C. The minimum atomic E-state index is -0.373. The number of hydrogen-bond donors (Lipinski definition) is 0. The van der Waals surface area contributed by atoms with Gasteiger partial charge in [-0.3, -0.25) is 0 Å². The molecule has 3 nitrogen and oxygen atoms in total. The Kier molecular flexibility index (Phi) is 2.64. The van der Waals surface area contributed by atoms with Crippen molar-refractivity contribution in [3.8, 4) is 0 Å². The zero-order chi connectivity index (χ0) is 7.44. The predicted octanol–water partition coefficient (Wildman–Crippen LogP) is 1.27. The van der Waals surface area contributed by atoms with Crippen LogP contribution in [0.5, 0.6) is 0 Å². The quantitative estimate of drug-likeness (QED) is 0.487. The van der Waals surface area contributed by atoms with E-state index in [0.29, 0.717) is 5.70 Å². The molecule has 0 radical (unpaired) electrons. The van der Waals surface area contributed by atoms with Crippen molar-refractivity contribution in [1.82, 2.24) is 4.90 Å². The van der Waals surface area contributed by atoms with Crippen molar-refractivity contribution in [3.63, 3.8) is 0 Å². The molecule has 0 aliphatic carbocycles. The van der Waals surface area contributed by atoms with Crippen LogP contribution in [0.1, 0.15) is 6.92 Å². The van der Waals surface area contributed by atoms with Gasteiger partial charge in [0.05, 0.1) is 0 Å². The number of urea groups is 1. The van der Waals surface area contributed by atoms with Crippen LogP contribution >= 0.6 is 0 Å². The maximum Gasteiger partial charge on any atom is 0.346 e. The van der Waals surface area contributed by atoms with Gasteiger partial charge in [-0.05, 0) is 13.6 Å². The third-order valence-corrected chi connectivity index (χ3v) is 0.995. The Labute approximate surface area is 54.7 Å². The second-order valence-corrected chi connectivity index (χ2v) is 1.73. The fourth-order valence-corrected chi connectivity index (χ4v) is 0.269. The molecule has 9 heavy (non-hydrogen) atoms. The van der Waals surface area contributed by atoms with Gasteiger partial charge in [0.1, 0.15) is 0 Å². The minimum absolute atomic E-state index is 0.373. The summed E-state index contributed by atoms with van der Waals surface area (Å²) in [6.45, 7) is 8.35. The maximum atomic E-state index is 10.6. The van der Waals surface area contributed by atoms with E-state index in [0.717, 1.165) is 0 Å². The molecule has 0 atom stereocenters. The van der Waals surface area contributed by atoms with E-state index in [9.17, 15) is 4.79 Å². The van der Waals surface area contributed by atoms with E-state index in [4.69, 9.17) is 0 Å². The largest absolute Gasteiger partial charge is 0.346 e. The second-order valence-electron chi connectivity index (χ2n) is 1.73. The van der Waals surface area contributed by atoms with Crippen LogP contribution in [-0.2, 0) is 0 Å². The first-order valence-corrected chi connectivity index (χ1v) is 2.49. The molecule has 0 bridgehead atoms. The van der Waals surface area contributed by atoms with E-state index in [1.165, 1.54) is 4.90 Å². The zero-order valence-corrected chi connectivity index (χ0v) is 5.72. The van der Waals surface area contributed by atoms with Gasteiger partial charge in [-0.1, -0.05) is 6.58 Å². The summed E-state index contributed by atoms with van der Waals surface area (Å²) in [6.07, 6.45) is 0. The zero-order valence-electron chi connectivity index (χ0n) is 5.72. The number of allylic oxidation sites excluding steroid dienone is 1. The highest BCUT2D eigenvalue weighted by atomic mass is 16.2. The topological polar surface area (TPSA) is 32.7 Å². The second kappa shape index (κ2) is 3.02. The summed E-state index contributed by atoms with van der Waals surface area (Å²) in [5.74, 6) is 0. The van der Waals surface area contributed by atoms with Crippen molar-refractivity contribution in [3.05, 3.63) is 12.3 Å². The van der Waals surface area contributed by atoms with Crippen molar-refractivity contribution in [2.24, 2.45) is 4.99 Å². The molecule has 0 fully saturated rings. The summed E-state index contributed by atoms with van der Waals surface area (Å²) >= 11 is 0. The minimum Gasteiger partial charge on any atom is -0.300 e. The molecule has 0 unspecified atom stereocenters. The Morgan fingerprint density at radius 1 is 1.67 bits per heavy atom. The van der Waals surface area contributed by atoms with Gasteiger partial charge in [-0.15, -0.1) is 0 Å². The number of aliphatic imine (C=N–C) groups is 1. The summed E-state index contributed by atoms with van der Waals surface area (Å²) < 4.78 is 0. The van der Waals surface area contributed by atoms with E-state index < -0.39 is 0 Å². The summed E-state index contributed by atoms with van der Waals surface area (Å²) in [4.78, 5) is 15.1. The van der Waals surface area contributed by atoms with Crippen LogP contribution in [0.15, 0.2) is 17.3 Å². The van der Waals surface area contributed by atoms with Crippen molar-refractivity contribution in [2.45, 2.75) is 6.92 Å². The molecule has 0 heterocycles. The average molecular weight is 126 g/mol. The summed E-state index contributed by atoms with van der Waals surface area (Å²) in [5, 5.41) is 0. The number of carbonyl (C=O) groups excluding carboxylic acids is 1. The molecule has 2 amide bonds. The first-order valence-electron chi connectivity index (χ1n) is 2.49. The van der Waals surface area contributed by atoms with E-state index >= 15 is 0 Å². The van der Waals surface area contributed by atoms with Crippen LogP contribution in [-0.4, -0.2) is 24.7 Å². The fourth-order valence-electron chi connectivity index (χ4n) is 0.269. The summed E-state index contributed by atoms with van der Waals surface area (Å²) in [5.41, 5.74) is 0.660. The Morgan fingerprint density at radius 3 is 2.22 bits per heavy atom. The lowest BCUT2D eigenvalue weighted by Gasteiger charge is -2.11. The van der Waals surface area contributed by atoms with Gasteiger partial charge in [0, 0.05) is 12.7 Å². The normalized spacial score (nSPS) is 8.22. The van der Waals surface area contributed by atoms with Gasteiger partial charge in [-0.25, -0.2) is 9.79 Å². The predicted molar refractivity (Wildman–Crippen MR) is 37.5 cm³/mol. The molecular weight excluding hydrogens is 116 g/mol. The van der Waals surface area contributed by atoms with Gasteiger partial charge in [-0.2, -0.15) is 0 Å². The molecule has 0 aromatic rings. The van der Waals surface area contributed by atoms with Crippen LogP contribution in [0, 0.1) is 0 Å². The Morgan fingerprint density at radius 2 is 2.11 bits per heavy atom. The van der Waals surface area contributed by atoms with Crippen LogP contribution in [0.3, 0.4) is 0 Å². The molecule has 0 N–H and O–H groups in total. The number of carbonyl (C=O) groups is 1. The smallest absolute Gasteiger partial charge is 0.300 e. The van der Waals surface area contributed by atoms with E-state index in [1.54, 1.807) is 14.0 Å². The molecule has 0 aromatic carbocycles. The molecule has 0 aliphatic heterocycles. The molecule has 3 heteroatoms. The van der Waals surface area contributed by atoms with Crippen molar-refractivity contribution in [2.75, 3.05) is 7.05 Å². The lowest BCUT2D eigenvalue weighted by atomic mass is 10.5. The van der Waals surface area contributed by atoms with E-state index in [1.807, 2.05) is 0 Å². The first-order chi connectivity index (χ1) is 4.09. The number of rotatable bonds is 1. The van der Waals surface area contributed by atoms with Gasteiger partial charge < -0.3 is 4.90 Å². The molecule has 0 saturated heterocycles. The van der Waals surface area contributed by atoms with Gasteiger partial charge in [0.2, 0.25) is 0 Å². The van der Waals surface area contributed by atoms with Gasteiger partial charge >= 0.3 is 6.03 Å². The van der Waals surface area contributed by atoms with Crippen LogP contribution in [0.2, 0.25) is 0 Å². The fraction of sp³-hybridized carbons (Fsp3) is 0.333. The monoisotopic (exact) mass is 126 g/mol. The van der Waals surface area contributed by atoms with Crippen molar-refractivity contribution >= 4 is 12.7 Å². The average Bonchev–Trinajstić information content (AvgIpc) is 1.84. The Balaban J connectivity index is 4.03. The standard InChI is InChI=1S/C6H10N2O/c1-5(2)8(4)6(9)7-3/h1,3H2,2,4H3. The summed E-state index contributed by atoms with van der Waals surface area (Å²) in [7, 11) is 1.60. The van der Waals surface area contributed by atoms with Crippen LogP contribution < -0.4 is 0 Å². The van der Waals surface area contributed by atoms with Gasteiger partial charge in [0.25, 0.3) is 0 Å². The van der Waals surface area contributed by atoms with Gasteiger partial charge in [0.15, 0.2) is 0 Å².